The fraction of sp³-hybridized carbons (Fsp3) is 0.278. The molecular weight excluding hydrogens is 382 g/mol. The summed E-state index contributed by atoms with van der Waals surface area (Å²) in [6.45, 7) is 1.96. The van der Waals surface area contributed by atoms with E-state index in [-0.39, 0.29) is 5.91 Å². The molecule has 2 N–H and O–H groups in total. The summed E-state index contributed by atoms with van der Waals surface area (Å²) >= 11 is 3.44. The maximum Gasteiger partial charge on any atom is 0.251 e. The van der Waals surface area contributed by atoms with E-state index >= 15 is 0 Å². The number of nitrogens with one attached hydrogen (secondary N) is 2. The molecule has 4 rings (SSSR count). The van der Waals surface area contributed by atoms with Gasteiger partial charge in [0.25, 0.3) is 5.91 Å². The highest BCUT2D eigenvalue weighted by molar-refractivity contribution is 9.10. The molecule has 1 aliphatic rings. The summed E-state index contributed by atoms with van der Waals surface area (Å²) in [7, 11) is 1.85. The zero-order chi connectivity index (χ0) is 17.6. The molecule has 2 aromatic heterocycles. The number of imidazole rings is 1. The SMILES string of the molecule is CNc1cc(Br)nn2c(-c3ccc(C(=O)NC4CC4)c(C)c3)cnc12. The Hall–Kier alpha value is -2.41. The van der Waals surface area contributed by atoms with Crippen molar-refractivity contribution in [3.05, 3.63) is 46.2 Å². The third-order valence-electron chi connectivity index (χ3n) is 4.39. The number of anilines is 1. The molecule has 1 aliphatic carbocycles. The Morgan fingerprint density at radius 1 is 1.32 bits per heavy atom. The summed E-state index contributed by atoms with van der Waals surface area (Å²) in [5.41, 5.74) is 5.16. The van der Waals surface area contributed by atoms with Gasteiger partial charge in [-0.25, -0.2) is 9.50 Å². The molecular formula is C18H18BrN5O. The van der Waals surface area contributed by atoms with Crippen LogP contribution in [0, 0.1) is 6.92 Å². The number of fused-ring (bicyclic) bond motifs is 1. The van der Waals surface area contributed by atoms with Gasteiger partial charge in [-0.15, -0.1) is 0 Å². The maximum absolute atomic E-state index is 12.3. The summed E-state index contributed by atoms with van der Waals surface area (Å²) in [4.78, 5) is 16.8. The Labute approximate surface area is 153 Å². The van der Waals surface area contributed by atoms with Crippen molar-refractivity contribution >= 4 is 33.2 Å². The quantitative estimate of drug-likeness (QED) is 0.704. The molecule has 0 radical (unpaired) electrons. The molecule has 1 amide bonds. The van der Waals surface area contributed by atoms with Gasteiger partial charge in [-0.1, -0.05) is 6.07 Å². The van der Waals surface area contributed by atoms with Crippen LogP contribution in [0.25, 0.3) is 16.9 Å². The van der Waals surface area contributed by atoms with Gasteiger partial charge in [-0.05, 0) is 59.5 Å². The minimum Gasteiger partial charge on any atom is -0.385 e. The molecule has 3 aromatic rings. The largest absolute Gasteiger partial charge is 0.385 e. The van der Waals surface area contributed by atoms with Gasteiger partial charge in [0.2, 0.25) is 0 Å². The second kappa shape index (κ2) is 6.15. The van der Waals surface area contributed by atoms with Gasteiger partial charge in [0.05, 0.1) is 17.6 Å². The van der Waals surface area contributed by atoms with Crippen LogP contribution in [0.15, 0.2) is 35.1 Å². The number of hydrogen-bond acceptors (Lipinski definition) is 4. The van der Waals surface area contributed by atoms with Gasteiger partial charge in [-0.2, -0.15) is 5.10 Å². The van der Waals surface area contributed by atoms with Crippen LogP contribution < -0.4 is 10.6 Å². The van der Waals surface area contributed by atoms with Crippen molar-refractivity contribution in [1.82, 2.24) is 19.9 Å². The number of halogens is 1. The van der Waals surface area contributed by atoms with Crippen molar-refractivity contribution in [3.8, 4) is 11.3 Å². The number of amides is 1. The minimum atomic E-state index is 0.00281. The molecule has 0 saturated heterocycles. The summed E-state index contributed by atoms with van der Waals surface area (Å²) < 4.78 is 2.52. The van der Waals surface area contributed by atoms with Crippen molar-refractivity contribution in [3.63, 3.8) is 0 Å². The third kappa shape index (κ3) is 3.00. The first-order valence-corrected chi connectivity index (χ1v) is 9.00. The first kappa shape index (κ1) is 16.1. The normalized spacial score (nSPS) is 13.9. The van der Waals surface area contributed by atoms with Crippen LogP contribution in [-0.4, -0.2) is 33.6 Å². The van der Waals surface area contributed by atoms with E-state index in [9.17, 15) is 4.79 Å². The van der Waals surface area contributed by atoms with E-state index in [4.69, 9.17) is 0 Å². The Kier molecular flexibility index (Phi) is 3.95. The van der Waals surface area contributed by atoms with Crippen molar-refractivity contribution < 1.29 is 4.79 Å². The fourth-order valence-corrected chi connectivity index (χ4v) is 3.28. The number of rotatable bonds is 4. The lowest BCUT2D eigenvalue weighted by molar-refractivity contribution is 0.0950. The standard InChI is InChI=1S/C18H18BrN5O/c1-10-7-11(3-6-13(10)18(25)22-12-4-5-12)15-9-21-17-14(20-2)8-16(19)23-24(15)17/h3,6-9,12,20H,4-5H2,1-2H3,(H,22,25). The summed E-state index contributed by atoms with van der Waals surface area (Å²) in [6, 6.07) is 8.07. The van der Waals surface area contributed by atoms with Crippen molar-refractivity contribution in [2.24, 2.45) is 0 Å². The molecule has 1 saturated carbocycles. The van der Waals surface area contributed by atoms with Crippen LogP contribution in [0.4, 0.5) is 5.69 Å². The number of carbonyl (C=O) groups is 1. The van der Waals surface area contributed by atoms with Crippen LogP contribution in [0.5, 0.6) is 0 Å². The molecule has 2 heterocycles. The monoisotopic (exact) mass is 399 g/mol. The Balaban J connectivity index is 1.75. The Bertz CT molecular complexity index is 977. The van der Waals surface area contributed by atoms with Crippen LogP contribution in [0.2, 0.25) is 0 Å². The molecule has 1 fully saturated rings. The highest BCUT2D eigenvalue weighted by Crippen LogP contribution is 2.27. The lowest BCUT2D eigenvalue weighted by Gasteiger charge is -2.09. The van der Waals surface area contributed by atoms with Crippen LogP contribution in [0.1, 0.15) is 28.8 Å². The summed E-state index contributed by atoms with van der Waals surface area (Å²) in [5.74, 6) is 0.00281. The van der Waals surface area contributed by atoms with Crippen molar-refractivity contribution in [1.29, 1.82) is 0 Å². The predicted octanol–water partition coefficient (Wildman–Crippen LogP) is 3.40. The molecule has 25 heavy (non-hydrogen) atoms. The average molecular weight is 400 g/mol. The number of aromatic nitrogens is 3. The molecule has 7 heteroatoms. The number of carbonyl (C=O) groups excluding carboxylic acids is 1. The molecule has 0 unspecified atom stereocenters. The fourth-order valence-electron chi connectivity index (χ4n) is 2.89. The molecule has 128 valence electrons. The second-order valence-electron chi connectivity index (χ2n) is 6.29. The summed E-state index contributed by atoms with van der Waals surface area (Å²) in [6.07, 6.45) is 3.96. The van der Waals surface area contributed by atoms with E-state index in [0.717, 1.165) is 51.2 Å². The predicted molar refractivity (Wildman–Crippen MR) is 101 cm³/mol. The third-order valence-corrected chi connectivity index (χ3v) is 4.77. The van der Waals surface area contributed by atoms with Crippen molar-refractivity contribution in [2.45, 2.75) is 25.8 Å². The molecule has 0 bridgehead atoms. The lowest BCUT2D eigenvalue weighted by atomic mass is 10.0. The Morgan fingerprint density at radius 3 is 2.80 bits per heavy atom. The van der Waals surface area contributed by atoms with E-state index in [1.807, 2.05) is 38.2 Å². The molecule has 0 aliphatic heterocycles. The Morgan fingerprint density at radius 2 is 2.12 bits per heavy atom. The van der Waals surface area contributed by atoms with Gasteiger partial charge >= 0.3 is 0 Å². The van der Waals surface area contributed by atoms with Gasteiger partial charge in [0.1, 0.15) is 4.60 Å². The molecule has 1 aromatic carbocycles. The first-order valence-electron chi connectivity index (χ1n) is 8.20. The van der Waals surface area contributed by atoms with Gasteiger partial charge < -0.3 is 10.6 Å². The van der Waals surface area contributed by atoms with Gasteiger partial charge in [0, 0.05) is 24.2 Å². The molecule has 0 spiro atoms. The topological polar surface area (TPSA) is 71.3 Å². The minimum absolute atomic E-state index is 0.00281. The van der Waals surface area contributed by atoms with Crippen LogP contribution >= 0.6 is 15.9 Å². The highest BCUT2D eigenvalue weighted by atomic mass is 79.9. The van der Waals surface area contributed by atoms with Gasteiger partial charge in [-0.3, -0.25) is 4.79 Å². The van der Waals surface area contributed by atoms with E-state index in [2.05, 4.69) is 36.6 Å². The van der Waals surface area contributed by atoms with Gasteiger partial charge in [0.15, 0.2) is 5.65 Å². The molecule has 6 nitrogen and oxygen atoms in total. The van der Waals surface area contributed by atoms with Crippen LogP contribution in [0.3, 0.4) is 0 Å². The maximum atomic E-state index is 12.3. The van der Waals surface area contributed by atoms with Crippen molar-refractivity contribution in [2.75, 3.05) is 12.4 Å². The lowest BCUT2D eigenvalue weighted by Crippen LogP contribution is -2.26. The number of benzene rings is 1. The average Bonchev–Trinajstić information content (AvgIpc) is 3.30. The smallest absolute Gasteiger partial charge is 0.251 e. The van der Waals surface area contributed by atoms with E-state index in [1.54, 1.807) is 10.7 Å². The zero-order valence-corrected chi connectivity index (χ0v) is 15.6. The summed E-state index contributed by atoms with van der Waals surface area (Å²) in [5, 5.41) is 10.7. The second-order valence-corrected chi connectivity index (χ2v) is 7.10. The van der Waals surface area contributed by atoms with Crippen LogP contribution in [-0.2, 0) is 0 Å². The first-order chi connectivity index (χ1) is 12.1. The van der Waals surface area contributed by atoms with E-state index in [1.165, 1.54) is 0 Å². The zero-order valence-electron chi connectivity index (χ0n) is 14.0. The van der Waals surface area contributed by atoms with E-state index < -0.39 is 0 Å². The highest BCUT2D eigenvalue weighted by Gasteiger charge is 2.24. The number of nitrogens with zero attached hydrogens (tertiary/aromatic N) is 3. The number of hydrogen-bond donors (Lipinski definition) is 2. The number of aryl methyl sites for hydroxylation is 1. The molecule has 0 atom stereocenters. The van der Waals surface area contributed by atoms with E-state index in [0.29, 0.717) is 6.04 Å².